The Labute approximate surface area is 188 Å². The van der Waals surface area contributed by atoms with Crippen molar-refractivity contribution < 1.29 is 4.74 Å². The maximum Gasteiger partial charge on any atom is 0.0999 e. The third-order valence-corrected chi connectivity index (χ3v) is 5.23. The van der Waals surface area contributed by atoms with Crippen molar-refractivity contribution in [2.24, 2.45) is 4.99 Å². The number of allylic oxidation sites excluding steroid dienone is 11. The van der Waals surface area contributed by atoms with Gasteiger partial charge in [-0.3, -0.25) is 4.99 Å². The zero-order valence-corrected chi connectivity index (χ0v) is 19.2. The van der Waals surface area contributed by atoms with Crippen molar-refractivity contribution >= 4 is 6.21 Å². The lowest BCUT2D eigenvalue weighted by Crippen LogP contribution is -2.28. The van der Waals surface area contributed by atoms with Crippen molar-refractivity contribution in [3.05, 3.63) is 101 Å². The van der Waals surface area contributed by atoms with Gasteiger partial charge in [-0.1, -0.05) is 62.0 Å². The number of hydrogen-bond acceptors (Lipinski definition) is 3. The molecule has 2 rings (SSSR count). The van der Waals surface area contributed by atoms with Crippen LogP contribution in [0.1, 0.15) is 45.4 Å². The van der Waals surface area contributed by atoms with Crippen molar-refractivity contribution in [2.45, 2.75) is 51.5 Å². The fourth-order valence-electron chi connectivity index (χ4n) is 3.60. The Kier molecular flexibility index (Phi) is 11.2. The van der Waals surface area contributed by atoms with Crippen LogP contribution < -0.4 is 5.32 Å². The zero-order valence-electron chi connectivity index (χ0n) is 19.2. The van der Waals surface area contributed by atoms with Gasteiger partial charge in [-0.05, 0) is 50.1 Å². The number of aliphatic imine (C=N–C) groups is 1. The first-order chi connectivity index (χ1) is 15.2. The highest BCUT2D eigenvalue weighted by Gasteiger charge is 2.12. The molecular formula is C28H36N2O. The van der Waals surface area contributed by atoms with E-state index in [1.807, 2.05) is 19.3 Å². The normalized spacial score (nSPS) is 22.6. The SMILES string of the molecule is C=C/C=C\N=CCC(NC)/C(=C/C1=C=C2CC=CC/C(OC)=C\C2=C\C/C=C\1)CCC. The molecule has 0 aromatic heterocycles. The summed E-state index contributed by atoms with van der Waals surface area (Å²) in [5.74, 6) is 0.981. The topological polar surface area (TPSA) is 33.6 Å². The van der Waals surface area contributed by atoms with Crippen molar-refractivity contribution in [1.82, 2.24) is 5.32 Å². The Morgan fingerprint density at radius 1 is 1.32 bits per heavy atom. The second-order valence-corrected chi connectivity index (χ2v) is 7.51. The van der Waals surface area contributed by atoms with Crippen molar-refractivity contribution in [1.29, 1.82) is 0 Å². The third kappa shape index (κ3) is 8.41. The van der Waals surface area contributed by atoms with Gasteiger partial charge in [0.05, 0.1) is 12.9 Å². The molecule has 0 fully saturated rings. The first kappa shape index (κ1) is 24.4. The van der Waals surface area contributed by atoms with Crippen LogP contribution in [0.4, 0.5) is 0 Å². The Bertz CT molecular complexity index is 884. The maximum absolute atomic E-state index is 5.54. The van der Waals surface area contributed by atoms with Crippen LogP contribution in [-0.4, -0.2) is 26.4 Å². The fraction of sp³-hybridized carbons (Fsp3) is 0.357. The molecule has 3 heteroatoms. The minimum Gasteiger partial charge on any atom is -0.501 e. The predicted molar refractivity (Wildman–Crippen MR) is 134 cm³/mol. The average molecular weight is 417 g/mol. The van der Waals surface area contributed by atoms with E-state index in [1.54, 1.807) is 19.4 Å². The summed E-state index contributed by atoms with van der Waals surface area (Å²) in [6, 6.07) is 0.242. The molecule has 164 valence electrons. The Hall–Kier alpha value is -2.87. The summed E-state index contributed by atoms with van der Waals surface area (Å²) < 4.78 is 5.54. The van der Waals surface area contributed by atoms with Crippen LogP contribution in [0.25, 0.3) is 0 Å². The van der Waals surface area contributed by atoms with Gasteiger partial charge in [0.1, 0.15) is 0 Å². The van der Waals surface area contributed by atoms with Crippen LogP contribution in [0.5, 0.6) is 0 Å². The summed E-state index contributed by atoms with van der Waals surface area (Å²) in [5, 5.41) is 3.46. The molecule has 0 aliphatic heterocycles. The molecule has 1 N–H and O–H groups in total. The van der Waals surface area contributed by atoms with Gasteiger partial charge in [-0.2, -0.15) is 0 Å². The lowest BCUT2D eigenvalue weighted by Gasteiger charge is -2.18. The fourth-order valence-corrected chi connectivity index (χ4v) is 3.60. The van der Waals surface area contributed by atoms with Crippen LogP contribution in [0.3, 0.4) is 0 Å². The molecule has 2 aliphatic rings. The van der Waals surface area contributed by atoms with Gasteiger partial charge in [-0.15, -0.1) is 5.73 Å². The van der Waals surface area contributed by atoms with E-state index >= 15 is 0 Å². The van der Waals surface area contributed by atoms with Crippen LogP contribution in [0.15, 0.2) is 106 Å². The van der Waals surface area contributed by atoms with Gasteiger partial charge in [0, 0.05) is 42.4 Å². The number of methoxy groups -OCH3 is 1. The van der Waals surface area contributed by atoms with Crippen molar-refractivity contribution in [3.63, 3.8) is 0 Å². The highest BCUT2D eigenvalue weighted by molar-refractivity contribution is 5.60. The number of nitrogens with one attached hydrogen (secondary N) is 1. The van der Waals surface area contributed by atoms with E-state index in [2.05, 4.69) is 72.1 Å². The number of likely N-dealkylation sites (N-methyl/N-ethyl adjacent to an activating group) is 1. The van der Waals surface area contributed by atoms with E-state index in [0.717, 1.165) is 49.9 Å². The van der Waals surface area contributed by atoms with Gasteiger partial charge in [0.2, 0.25) is 0 Å². The molecule has 1 unspecified atom stereocenters. The third-order valence-electron chi connectivity index (χ3n) is 5.23. The largest absolute Gasteiger partial charge is 0.501 e. The lowest BCUT2D eigenvalue weighted by atomic mass is 9.93. The van der Waals surface area contributed by atoms with E-state index < -0.39 is 0 Å². The summed E-state index contributed by atoms with van der Waals surface area (Å²) in [6.07, 6.45) is 28.4. The molecule has 3 nitrogen and oxygen atoms in total. The monoisotopic (exact) mass is 416 g/mol. The summed E-state index contributed by atoms with van der Waals surface area (Å²) in [7, 11) is 3.75. The van der Waals surface area contributed by atoms with E-state index in [4.69, 9.17) is 4.74 Å². The minimum absolute atomic E-state index is 0.242. The number of fused-ring (bicyclic) bond motifs is 1. The Balaban J connectivity index is 2.42. The van der Waals surface area contributed by atoms with Gasteiger partial charge < -0.3 is 10.1 Å². The van der Waals surface area contributed by atoms with Crippen molar-refractivity contribution in [2.75, 3.05) is 14.2 Å². The first-order valence-electron chi connectivity index (χ1n) is 11.1. The molecule has 31 heavy (non-hydrogen) atoms. The minimum atomic E-state index is 0.242. The highest BCUT2D eigenvalue weighted by Crippen LogP contribution is 2.25. The van der Waals surface area contributed by atoms with Gasteiger partial charge in [-0.25, -0.2) is 0 Å². The molecule has 0 aromatic carbocycles. The summed E-state index contributed by atoms with van der Waals surface area (Å²) >= 11 is 0. The smallest absolute Gasteiger partial charge is 0.0999 e. The Morgan fingerprint density at radius 3 is 2.90 bits per heavy atom. The summed E-state index contributed by atoms with van der Waals surface area (Å²) in [5.41, 5.74) is 8.59. The molecule has 0 spiro atoms. The number of ether oxygens (including phenoxy) is 1. The van der Waals surface area contributed by atoms with E-state index in [-0.39, 0.29) is 6.04 Å². The number of nitrogens with zero attached hydrogens (tertiary/aromatic N) is 1. The summed E-state index contributed by atoms with van der Waals surface area (Å²) in [4.78, 5) is 4.34. The van der Waals surface area contributed by atoms with Crippen LogP contribution >= 0.6 is 0 Å². The van der Waals surface area contributed by atoms with E-state index in [0.29, 0.717) is 0 Å². The standard InChI is InChI=1S/C28H36N2O/c1-5-7-18-30-19-17-28(29-3)26(12-6-2)21-23-13-8-9-15-25-22-27(31-4)16-11-10-14-24(25)20-23/h5,7-8,10-11,13,15,18-19,21-22,28-29H,1,6,9,12,14,16-17H2,2-4H3/b11-10?,13-8-,18-7-,25-15-,26-21+,27-22+,30-19?. The molecule has 0 heterocycles. The van der Waals surface area contributed by atoms with Gasteiger partial charge in [0.15, 0.2) is 0 Å². The van der Waals surface area contributed by atoms with E-state index in [9.17, 15) is 0 Å². The summed E-state index contributed by atoms with van der Waals surface area (Å²) in [6.45, 7) is 5.89. The Morgan fingerprint density at radius 2 is 2.16 bits per heavy atom. The van der Waals surface area contributed by atoms with E-state index in [1.165, 1.54) is 16.7 Å². The quantitative estimate of drug-likeness (QED) is 0.186. The van der Waals surface area contributed by atoms with Crippen LogP contribution in [-0.2, 0) is 4.74 Å². The molecular weight excluding hydrogens is 380 g/mol. The second-order valence-electron chi connectivity index (χ2n) is 7.51. The maximum atomic E-state index is 5.54. The molecule has 0 saturated carbocycles. The molecule has 0 radical (unpaired) electrons. The van der Waals surface area contributed by atoms with Gasteiger partial charge >= 0.3 is 0 Å². The lowest BCUT2D eigenvalue weighted by molar-refractivity contribution is 0.284. The number of hydrogen-bond donors (Lipinski definition) is 1. The van der Waals surface area contributed by atoms with Crippen molar-refractivity contribution in [3.8, 4) is 0 Å². The molecule has 0 aromatic rings. The molecule has 0 saturated heterocycles. The predicted octanol–water partition coefficient (Wildman–Crippen LogP) is 6.68. The van der Waals surface area contributed by atoms with Crippen LogP contribution in [0, 0.1) is 0 Å². The van der Waals surface area contributed by atoms with Crippen LogP contribution in [0.2, 0.25) is 0 Å². The second kappa shape index (κ2) is 14.2. The van der Waals surface area contributed by atoms with Gasteiger partial charge in [0.25, 0.3) is 0 Å². The average Bonchev–Trinajstić information content (AvgIpc) is 2.75. The first-order valence-corrected chi connectivity index (χ1v) is 11.1. The highest BCUT2D eigenvalue weighted by atomic mass is 16.5. The molecule has 1 atom stereocenters. The molecule has 2 aliphatic carbocycles. The molecule has 0 amide bonds. The molecule has 0 bridgehead atoms. The number of rotatable bonds is 10. The zero-order chi connectivity index (χ0) is 22.3.